The molecule has 0 bridgehead atoms. The second-order valence-corrected chi connectivity index (χ2v) is 11.7. The van der Waals surface area contributed by atoms with Crippen LogP contribution in [0.1, 0.15) is 44.1 Å². The van der Waals surface area contributed by atoms with Crippen molar-refractivity contribution in [1.82, 2.24) is 4.72 Å². The Morgan fingerprint density at radius 1 is 1.03 bits per heavy atom. The van der Waals surface area contributed by atoms with Gasteiger partial charge in [0.15, 0.2) is 0 Å². The highest BCUT2D eigenvalue weighted by Crippen LogP contribution is 2.33. The second kappa shape index (κ2) is 12.2. The molecule has 1 aliphatic rings. The third-order valence-electron chi connectivity index (χ3n) is 5.72. The van der Waals surface area contributed by atoms with Crippen molar-refractivity contribution in [3.8, 4) is 5.75 Å². The van der Waals surface area contributed by atoms with Crippen LogP contribution in [0.4, 0.5) is 5.69 Å². The van der Waals surface area contributed by atoms with Crippen LogP contribution in [0.15, 0.2) is 68.5 Å². The number of anilines is 1. The van der Waals surface area contributed by atoms with Gasteiger partial charge in [0.2, 0.25) is 10.0 Å². The molecule has 3 rings (SSSR count). The van der Waals surface area contributed by atoms with Crippen molar-refractivity contribution in [2.45, 2.75) is 49.5 Å². The second-order valence-electron chi connectivity index (χ2n) is 8.25. The predicted octanol–water partition coefficient (Wildman–Crippen LogP) is 6.15. The lowest BCUT2D eigenvalue weighted by Gasteiger charge is -2.18. The lowest BCUT2D eigenvalue weighted by Crippen LogP contribution is -2.34. The van der Waals surface area contributed by atoms with E-state index in [0.29, 0.717) is 14.6 Å². The monoisotopic (exact) mass is 610 g/mol. The third kappa shape index (κ3) is 7.28. The van der Waals surface area contributed by atoms with E-state index in [1.165, 1.54) is 23.1 Å². The van der Waals surface area contributed by atoms with Gasteiger partial charge in [-0.1, -0.05) is 43.9 Å². The maximum atomic E-state index is 12.7. The number of nitrogens with one attached hydrogen (secondary N) is 1. The summed E-state index contributed by atoms with van der Waals surface area (Å²) < 4.78 is 29.5. The number of rotatable bonds is 7. The highest BCUT2D eigenvalue weighted by atomic mass is 79.9. The molecule has 1 fully saturated rings. The van der Waals surface area contributed by atoms with Crippen LogP contribution < -0.4 is 9.62 Å². The molecule has 182 valence electrons. The third-order valence-corrected chi connectivity index (χ3v) is 8.47. The number of carbonyl (C=O) groups excluding carboxylic acids is 1. The summed E-state index contributed by atoms with van der Waals surface area (Å²) in [5.41, 5.74) is 1.44. The van der Waals surface area contributed by atoms with Crippen molar-refractivity contribution in [2.24, 2.45) is 0 Å². The Kier molecular flexibility index (Phi) is 9.53. The molecule has 2 aromatic carbocycles. The molecule has 0 aliphatic heterocycles. The maximum absolute atomic E-state index is 12.7. The van der Waals surface area contributed by atoms with Crippen LogP contribution >= 0.6 is 31.9 Å². The summed E-state index contributed by atoms with van der Waals surface area (Å²) in [7, 11) is -1.95. The molecular formula is C25H28Br2N2O4S. The van der Waals surface area contributed by atoms with Crippen molar-refractivity contribution in [1.29, 1.82) is 0 Å². The summed E-state index contributed by atoms with van der Waals surface area (Å²) in [5, 5.41) is 9.77. The first kappa shape index (κ1) is 26.7. The normalized spacial score (nSPS) is 15.6. The van der Waals surface area contributed by atoms with E-state index in [1.54, 1.807) is 49.5 Å². The number of benzene rings is 2. The van der Waals surface area contributed by atoms with Gasteiger partial charge in [-0.15, -0.1) is 0 Å². The lowest BCUT2D eigenvalue weighted by molar-refractivity contribution is -0.113. The number of sulfonamides is 1. The van der Waals surface area contributed by atoms with Gasteiger partial charge in [0.05, 0.1) is 13.8 Å². The van der Waals surface area contributed by atoms with Gasteiger partial charge in [0.25, 0.3) is 5.91 Å². The molecule has 9 heteroatoms. The molecule has 1 saturated carbocycles. The van der Waals surface area contributed by atoms with E-state index in [2.05, 4.69) is 36.6 Å². The number of amides is 1. The molecule has 0 unspecified atom stereocenters. The van der Waals surface area contributed by atoms with Crippen LogP contribution in [0.2, 0.25) is 0 Å². The average Bonchev–Trinajstić information content (AvgIpc) is 3.07. The molecule has 2 aromatic rings. The van der Waals surface area contributed by atoms with E-state index >= 15 is 0 Å². The van der Waals surface area contributed by atoms with E-state index in [4.69, 9.17) is 0 Å². The minimum Gasteiger partial charge on any atom is -0.506 e. The van der Waals surface area contributed by atoms with E-state index in [9.17, 15) is 18.3 Å². The number of carbonyl (C=O) groups is 1. The summed E-state index contributed by atoms with van der Waals surface area (Å²) in [5.74, 6) is -0.117. The van der Waals surface area contributed by atoms with Crippen molar-refractivity contribution in [2.75, 3.05) is 11.9 Å². The topological polar surface area (TPSA) is 86.7 Å². The van der Waals surface area contributed by atoms with Gasteiger partial charge in [-0.05, 0) is 86.7 Å². The standard InChI is InChI=1S/C25H28Br2N2O4S/c1-29(24(30)11-7-6-8-18-16-22(26)25(31)23(27)17-18)20-12-14-21(15-13-20)34(32,33)28-19-9-4-2-3-5-10-19/h6-8,11-17,19,28,31H,2-5,9-10H2,1H3/b8-6+,11-7+. The summed E-state index contributed by atoms with van der Waals surface area (Å²) in [6, 6.07) is 9.84. The molecule has 6 nitrogen and oxygen atoms in total. The molecule has 0 aromatic heterocycles. The van der Waals surface area contributed by atoms with E-state index in [1.807, 2.05) is 0 Å². The van der Waals surface area contributed by atoms with Crippen LogP contribution in [-0.2, 0) is 14.8 Å². The van der Waals surface area contributed by atoms with Crippen LogP contribution in [0.5, 0.6) is 5.75 Å². The van der Waals surface area contributed by atoms with E-state index in [0.717, 1.165) is 44.1 Å². The Hall–Kier alpha value is -1.94. The summed E-state index contributed by atoms with van der Waals surface area (Å²) >= 11 is 6.57. The largest absolute Gasteiger partial charge is 0.506 e. The van der Waals surface area contributed by atoms with Gasteiger partial charge < -0.3 is 10.0 Å². The SMILES string of the molecule is CN(C(=O)/C=C/C=C/c1cc(Br)c(O)c(Br)c1)c1ccc(S(=O)(=O)NC2CCCCCC2)cc1. The number of allylic oxidation sites excluding steroid dienone is 2. The fourth-order valence-electron chi connectivity index (χ4n) is 3.76. The minimum atomic E-state index is -3.59. The molecule has 0 heterocycles. The van der Waals surface area contributed by atoms with Gasteiger partial charge in [0, 0.05) is 24.9 Å². The fourth-order valence-corrected chi connectivity index (χ4v) is 6.29. The highest BCUT2D eigenvalue weighted by molar-refractivity contribution is 9.11. The molecule has 0 spiro atoms. The summed E-state index contributed by atoms with van der Waals surface area (Å²) in [6.45, 7) is 0. The Balaban J connectivity index is 1.60. The molecule has 34 heavy (non-hydrogen) atoms. The predicted molar refractivity (Wildman–Crippen MR) is 143 cm³/mol. The summed E-state index contributed by atoms with van der Waals surface area (Å²) in [4.78, 5) is 14.2. The van der Waals surface area contributed by atoms with Crippen molar-refractivity contribution in [3.05, 3.63) is 69.1 Å². The van der Waals surface area contributed by atoms with E-state index < -0.39 is 10.0 Å². The smallest absolute Gasteiger partial charge is 0.250 e. The first-order chi connectivity index (χ1) is 16.2. The van der Waals surface area contributed by atoms with Crippen LogP contribution in [0.25, 0.3) is 6.08 Å². The van der Waals surface area contributed by atoms with Gasteiger partial charge in [-0.25, -0.2) is 13.1 Å². The van der Waals surface area contributed by atoms with Gasteiger partial charge in [0.1, 0.15) is 5.75 Å². The Morgan fingerprint density at radius 3 is 2.21 bits per heavy atom. The molecule has 1 amide bonds. The van der Waals surface area contributed by atoms with Crippen LogP contribution in [-0.4, -0.2) is 32.5 Å². The molecule has 0 atom stereocenters. The number of phenolic OH excluding ortho intramolecular Hbond substituents is 1. The maximum Gasteiger partial charge on any atom is 0.250 e. The quantitative estimate of drug-likeness (QED) is 0.223. The first-order valence-corrected chi connectivity index (χ1v) is 14.2. The highest BCUT2D eigenvalue weighted by Gasteiger charge is 2.21. The number of aromatic hydroxyl groups is 1. The van der Waals surface area contributed by atoms with Crippen molar-refractivity contribution in [3.63, 3.8) is 0 Å². The average molecular weight is 612 g/mol. The molecule has 0 radical (unpaired) electrons. The first-order valence-electron chi connectivity index (χ1n) is 11.1. The number of hydrogen-bond donors (Lipinski definition) is 2. The Labute approximate surface area is 218 Å². The minimum absolute atomic E-state index is 0.0154. The zero-order valence-corrected chi connectivity index (χ0v) is 22.9. The molecular weight excluding hydrogens is 584 g/mol. The number of likely N-dealkylation sites (N-methyl/N-ethyl adjacent to an activating group) is 1. The number of nitrogens with zero attached hydrogens (tertiary/aromatic N) is 1. The van der Waals surface area contributed by atoms with Gasteiger partial charge >= 0.3 is 0 Å². The molecule has 0 saturated heterocycles. The van der Waals surface area contributed by atoms with Crippen molar-refractivity contribution >= 4 is 59.6 Å². The van der Waals surface area contributed by atoms with Crippen LogP contribution in [0.3, 0.4) is 0 Å². The number of hydrogen-bond acceptors (Lipinski definition) is 4. The van der Waals surface area contributed by atoms with Crippen molar-refractivity contribution < 1.29 is 18.3 Å². The lowest BCUT2D eigenvalue weighted by atomic mass is 10.1. The zero-order chi connectivity index (χ0) is 24.7. The molecule has 2 N–H and O–H groups in total. The van der Waals surface area contributed by atoms with Gasteiger partial charge in [-0.2, -0.15) is 0 Å². The molecule has 1 aliphatic carbocycles. The van der Waals surface area contributed by atoms with E-state index in [-0.39, 0.29) is 22.6 Å². The van der Waals surface area contributed by atoms with Crippen LogP contribution in [0, 0.1) is 0 Å². The number of halogens is 2. The Bertz CT molecular complexity index is 1150. The fraction of sp³-hybridized carbons (Fsp3) is 0.320. The Morgan fingerprint density at radius 2 is 1.62 bits per heavy atom. The zero-order valence-electron chi connectivity index (χ0n) is 18.9. The summed E-state index contributed by atoms with van der Waals surface area (Å²) in [6.07, 6.45) is 12.7. The van der Waals surface area contributed by atoms with Gasteiger partial charge in [-0.3, -0.25) is 4.79 Å². The number of phenols is 1.